The molecule has 1 aromatic carbocycles. The third kappa shape index (κ3) is 2.59. The third-order valence-electron chi connectivity index (χ3n) is 5.50. The van der Waals surface area contributed by atoms with E-state index in [2.05, 4.69) is 11.6 Å². The molecular formula is C17H23N3O3S. The van der Waals surface area contributed by atoms with Crippen LogP contribution in [0.2, 0.25) is 0 Å². The van der Waals surface area contributed by atoms with E-state index in [1.165, 1.54) is 0 Å². The van der Waals surface area contributed by atoms with Gasteiger partial charge in [-0.2, -0.15) is 0 Å². The van der Waals surface area contributed by atoms with Crippen LogP contribution in [-0.2, 0) is 23.6 Å². The fourth-order valence-corrected chi connectivity index (χ4v) is 4.78. The minimum absolute atomic E-state index is 0.0826. The van der Waals surface area contributed by atoms with Crippen LogP contribution in [0.4, 0.5) is 0 Å². The van der Waals surface area contributed by atoms with Crippen LogP contribution in [-0.4, -0.2) is 23.1 Å². The van der Waals surface area contributed by atoms with Gasteiger partial charge in [0.25, 0.3) is 0 Å². The van der Waals surface area contributed by atoms with Crippen LogP contribution in [0.5, 0.6) is 0 Å². The molecule has 6 nitrogen and oxygen atoms in total. The highest BCUT2D eigenvalue weighted by Crippen LogP contribution is 2.39. The molecule has 24 heavy (non-hydrogen) atoms. The van der Waals surface area contributed by atoms with Gasteiger partial charge < -0.3 is 0 Å². The van der Waals surface area contributed by atoms with Crippen molar-refractivity contribution in [2.75, 3.05) is 0 Å². The molecule has 2 aliphatic carbocycles. The second kappa shape index (κ2) is 4.95. The maximum Gasteiger partial charge on any atom is 0.328 e. The minimum Gasteiger partial charge on any atom is -0.295 e. The second-order valence-electron chi connectivity index (χ2n) is 7.74. The standard InChI is InChI=1S/C17H23N3O3S/c1-11-8-12(11)10-20-14-5-4-13(9-15(14)19(3)16(20)21)24(22,23)18-17(2)6-7-17/h4-5,9,11-12,18H,6-8,10H2,1-3H3. The number of aryl methyl sites for hydroxylation is 1. The molecule has 2 aliphatic rings. The number of imidazole rings is 1. The molecule has 2 atom stereocenters. The van der Waals surface area contributed by atoms with Crippen molar-refractivity contribution in [1.29, 1.82) is 0 Å². The molecule has 4 rings (SSSR count). The Bertz CT molecular complexity index is 982. The summed E-state index contributed by atoms with van der Waals surface area (Å²) in [4.78, 5) is 12.7. The largest absolute Gasteiger partial charge is 0.328 e. The smallest absolute Gasteiger partial charge is 0.295 e. The van der Waals surface area contributed by atoms with E-state index >= 15 is 0 Å². The molecule has 130 valence electrons. The number of fused-ring (bicyclic) bond motifs is 1. The summed E-state index contributed by atoms with van der Waals surface area (Å²) in [5.41, 5.74) is 1.07. The predicted molar refractivity (Wildman–Crippen MR) is 92.4 cm³/mol. The number of rotatable bonds is 5. The summed E-state index contributed by atoms with van der Waals surface area (Å²) in [5, 5.41) is 0. The van der Waals surface area contributed by atoms with Gasteiger partial charge in [0.15, 0.2) is 0 Å². The molecule has 2 saturated carbocycles. The normalized spacial score (nSPS) is 25.1. The summed E-state index contributed by atoms with van der Waals surface area (Å²) in [5.74, 6) is 1.21. The fourth-order valence-electron chi connectivity index (χ4n) is 3.29. The van der Waals surface area contributed by atoms with Gasteiger partial charge in [-0.3, -0.25) is 9.13 Å². The number of hydrogen-bond acceptors (Lipinski definition) is 3. The van der Waals surface area contributed by atoms with Gasteiger partial charge in [-0.05, 0) is 56.2 Å². The van der Waals surface area contributed by atoms with E-state index < -0.39 is 10.0 Å². The van der Waals surface area contributed by atoms with Crippen molar-refractivity contribution in [2.45, 2.75) is 50.1 Å². The van der Waals surface area contributed by atoms with Crippen LogP contribution in [0.25, 0.3) is 11.0 Å². The molecule has 2 fully saturated rings. The molecule has 0 bridgehead atoms. The molecule has 2 aromatic rings. The number of aromatic nitrogens is 2. The third-order valence-corrected chi connectivity index (χ3v) is 7.14. The summed E-state index contributed by atoms with van der Waals surface area (Å²) < 4.78 is 31.2. The Kier molecular flexibility index (Phi) is 3.28. The van der Waals surface area contributed by atoms with Gasteiger partial charge >= 0.3 is 5.69 Å². The topological polar surface area (TPSA) is 73.1 Å². The van der Waals surface area contributed by atoms with E-state index in [1.807, 2.05) is 6.92 Å². The van der Waals surface area contributed by atoms with E-state index in [0.29, 0.717) is 23.9 Å². The lowest BCUT2D eigenvalue weighted by atomic mass is 10.3. The molecule has 0 spiro atoms. The molecule has 1 heterocycles. The highest BCUT2D eigenvalue weighted by molar-refractivity contribution is 7.89. The first-order valence-corrected chi connectivity index (χ1v) is 9.92. The zero-order chi connectivity index (χ0) is 17.3. The molecule has 0 aliphatic heterocycles. The first-order valence-electron chi connectivity index (χ1n) is 8.43. The summed E-state index contributed by atoms with van der Waals surface area (Å²) in [6, 6.07) is 4.97. The number of sulfonamides is 1. The van der Waals surface area contributed by atoms with Crippen LogP contribution in [0.15, 0.2) is 27.9 Å². The van der Waals surface area contributed by atoms with Gasteiger partial charge in [0, 0.05) is 19.1 Å². The Balaban J connectivity index is 1.76. The number of hydrogen-bond donors (Lipinski definition) is 1. The Morgan fingerprint density at radius 3 is 2.54 bits per heavy atom. The summed E-state index contributed by atoms with van der Waals surface area (Å²) in [6.07, 6.45) is 2.88. The lowest BCUT2D eigenvalue weighted by Gasteiger charge is -2.12. The maximum absolute atomic E-state index is 12.6. The number of nitrogens with one attached hydrogen (secondary N) is 1. The van der Waals surface area contributed by atoms with E-state index in [9.17, 15) is 13.2 Å². The highest BCUT2D eigenvalue weighted by atomic mass is 32.2. The first-order chi connectivity index (χ1) is 11.2. The van der Waals surface area contributed by atoms with E-state index in [0.717, 1.165) is 24.8 Å². The van der Waals surface area contributed by atoms with Crippen molar-refractivity contribution in [3.8, 4) is 0 Å². The molecule has 2 unspecified atom stereocenters. The van der Waals surface area contributed by atoms with Crippen LogP contribution < -0.4 is 10.4 Å². The summed E-state index contributed by atoms with van der Waals surface area (Å²) >= 11 is 0. The monoisotopic (exact) mass is 349 g/mol. The van der Waals surface area contributed by atoms with E-state index in [4.69, 9.17) is 0 Å². The highest BCUT2D eigenvalue weighted by Gasteiger charge is 2.41. The zero-order valence-corrected chi connectivity index (χ0v) is 15.1. The molecule has 0 saturated heterocycles. The lowest BCUT2D eigenvalue weighted by Crippen LogP contribution is -2.34. The van der Waals surface area contributed by atoms with Gasteiger partial charge in [0.2, 0.25) is 10.0 Å². The fraction of sp³-hybridized carbons (Fsp3) is 0.588. The lowest BCUT2D eigenvalue weighted by molar-refractivity contribution is 0.558. The van der Waals surface area contributed by atoms with Crippen molar-refractivity contribution in [3.05, 3.63) is 28.7 Å². The predicted octanol–water partition coefficient (Wildman–Crippen LogP) is 1.83. The van der Waals surface area contributed by atoms with E-state index in [-0.39, 0.29) is 16.1 Å². The number of benzene rings is 1. The maximum atomic E-state index is 12.6. The average Bonchev–Trinajstić information content (AvgIpc) is 3.40. The zero-order valence-electron chi connectivity index (χ0n) is 14.2. The molecule has 7 heteroatoms. The van der Waals surface area contributed by atoms with Crippen LogP contribution in [0.3, 0.4) is 0 Å². The second-order valence-corrected chi connectivity index (χ2v) is 9.42. The van der Waals surface area contributed by atoms with Crippen LogP contribution >= 0.6 is 0 Å². The average molecular weight is 349 g/mol. The van der Waals surface area contributed by atoms with Gasteiger partial charge in [-0.15, -0.1) is 0 Å². The molecule has 1 aromatic heterocycles. The van der Waals surface area contributed by atoms with Gasteiger partial charge in [-0.1, -0.05) is 6.92 Å². The first kappa shape index (κ1) is 15.9. The molecule has 0 radical (unpaired) electrons. The Morgan fingerprint density at radius 1 is 1.29 bits per heavy atom. The van der Waals surface area contributed by atoms with Crippen molar-refractivity contribution in [1.82, 2.24) is 13.9 Å². The van der Waals surface area contributed by atoms with Crippen molar-refractivity contribution in [2.24, 2.45) is 18.9 Å². The van der Waals surface area contributed by atoms with Crippen LogP contribution in [0.1, 0.15) is 33.1 Å². The quantitative estimate of drug-likeness (QED) is 0.895. The van der Waals surface area contributed by atoms with E-state index in [1.54, 1.807) is 34.4 Å². The molecular weight excluding hydrogens is 326 g/mol. The van der Waals surface area contributed by atoms with Crippen molar-refractivity contribution >= 4 is 21.1 Å². The Morgan fingerprint density at radius 2 is 1.96 bits per heavy atom. The molecule has 1 N–H and O–H groups in total. The summed E-state index contributed by atoms with van der Waals surface area (Å²) in [6.45, 7) is 4.81. The molecule has 0 amide bonds. The minimum atomic E-state index is -3.56. The Labute approximate surface area is 141 Å². The Hall–Kier alpha value is -1.60. The van der Waals surface area contributed by atoms with Gasteiger partial charge in [0.05, 0.1) is 15.9 Å². The van der Waals surface area contributed by atoms with Crippen LogP contribution in [0, 0.1) is 11.8 Å². The number of nitrogens with zero attached hydrogens (tertiary/aromatic N) is 2. The van der Waals surface area contributed by atoms with Crippen molar-refractivity contribution < 1.29 is 8.42 Å². The summed E-state index contributed by atoms with van der Waals surface area (Å²) in [7, 11) is -1.86. The SMILES string of the molecule is CC1CC1Cn1c(=O)n(C)c2cc(S(=O)(=O)NC3(C)CC3)ccc21. The van der Waals surface area contributed by atoms with Gasteiger partial charge in [-0.25, -0.2) is 17.9 Å². The van der Waals surface area contributed by atoms with Crippen molar-refractivity contribution in [3.63, 3.8) is 0 Å². The van der Waals surface area contributed by atoms with Gasteiger partial charge in [0.1, 0.15) is 0 Å².